The second kappa shape index (κ2) is 5.41. The molecule has 0 aliphatic heterocycles. The molecule has 0 aromatic rings. The third-order valence-corrected chi connectivity index (χ3v) is 0. The molecule has 2 N–H and O–H groups in total. The molecule has 0 aromatic heterocycles. The zero-order valence-corrected chi connectivity index (χ0v) is 5.04. The van der Waals surface area contributed by atoms with Gasteiger partial charge < -0.3 is 9.79 Å². The Morgan fingerprint density at radius 3 is 1.40 bits per heavy atom. The summed E-state index contributed by atoms with van der Waals surface area (Å²) in [5.74, 6) is 0. The Balaban J connectivity index is 0. The largest absolute Gasteiger partial charge is 0.326 e. The minimum absolute atomic E-state index is 0. The predicted octanol–water partition coefficient (Wildman–Crippen LogP) is -0.639. The van der Waals surface area contributed by atoms with Crippen LogP contribution in [0.4, 0.5) is 0 Å². The van der Waals surface area contributed by atoms with Gasteiger partial charge in [-0.15, -0.1) is 0 Å². The number of rotatable bonds is 0. The van der Waals surface area contributed by atoms with Gasteiger partial charge in [-0.05, 0) is 0 Å². The quantitative estimate of drug-likeness (QED) is 0.442. The maximum absolute atomic E-state index is 8.74. The summed E-state index contributed by atoms with van der Waals surface area (Å²) in [4.78, 5) is 14.3. The molecule has 0 bridgehead atoms. The Kier molecular flexibility index (Phi) is 10.4. The molecular weight excluding hydrogens is 244 g/mol. The smallest absolute Gasteiger partial charge is 0.314 e. The van der Waals surface area contributed by atoms with Crippen LogP contribution < -0.4 is 0 Å². The van der Waals surface area contributed by atoms with Gasteiger partial charge in [0.1, 0.15) is 0 Å². The Bertz CT molecular complexity index is 29.9. The molecule has 0 aliphatic carbocycles. The minimum atomic E-state index is -3.13. The fraction of sp³-hybridized carbons (Fsp3) is 0. The van der Waals surface area contributed by atoms with Crippen LogP contribution in [-0.2, 0) is 4.57 Å². The van der Waals surface area contributed by atoms with Crippen molar-refractivity contribution in [3.8, 4) is 0 Å². The molecule has 0 atom stereocenters. The first kappa shape index (κ1) is 9.65. The summed E-state index contributed by atoms with van der Waals surface area (Å²) in [6.07, 6.45) is 0. The molecule has 0 rings (SSSR count). The molecule has 0 heterocycles. The van der Waals surface area contributed by atoms with Gasteiger partial charge in [-0.1, -0.05) is 0 Å². The maximum atomic E-state index is 8.74. The third-order valence-electron chi connectivity index (χ3n) is 0. The SMILES string of the molecule is O=[PH](O)O.[Ho]. The van der Waals surface area contributed by atoms with E-state index in [1.165, 1.54) is 0 Å². The van der Waals surface area contributed by atoms with Crippen molar-refractivity contribution in [3.63, 3.8) is 0 Å². The Hall–Kier alpha value is 1.41. The average Bonchev–Trinajstić information content (AvgIpc) is 0.811. The Labute approximate surface area is 60.0 Å². The standard InChI is InChI=1S/Ho.H3O3P/c;1-4(2)3/h;4H,(H2,1,2,3). The van der Waals surface area contributed by atoms with E-state index >= 15 is 0 Å². The van der Waals surface area contributed by atoms with Crippen LogP contribution in [-0.4, -0.2) is 9.79 Å². The minimum Gasteiger partial charge on any atom is -0.326 e. The zero-order valence-electron chi connectivity index (χ0n) is 2.10. The normalized spacial score (nSPS) is 7.00. The van der Waals surface area contributed by atoms with Gasteiger partial charge in [0.15, 0.2) is 0 Å². The first-order valence-electron chi connectivity index (χ1n) is 0.651. The first-order chi connectivity index (χ1) is 1.73. The summed E-state index contributed by atoms with van der Waals surface area (Å²) in [5, 5.41) is 0. The molecule has 0 saturated heterocycles. The van der Waals surface area contributed by atoms with Crippen LogP contribution in [0.1, 0.15) is 0 Å². The molecule has 0 aliphatic rings. The topological polar surface area (TPSA) is 57.5 Å². The van der Waals surface area contributed by atoms with E-state index < -0.39 is 8.25 Å². The van der Waals surface area contributed by atoms with Gasteiger partial charge in [-0.3, -0.25) is 4.57 Å². The van der Waals surface area contributed by atoms with Crippen LogP contribution in [0.5, 0.6) is 0 Å². The van der Waals surface area contributed by atoms with Crippen molar-refractivity contribution in [1.29, 1.82) is 0 Å². The summed E-state index contributed by atoms with van der Waals surface area (Å²) in [5.41, 5.74) is 0. The molecular formula is H3HoO3P. The van der Waals surface area contributed by atoms with E-state index in [1.54, 1.807) is 0 Å². The van der Waals surface area contributed by atoms with Crippen LogP contribution in [0.2, 0.25) is 0 Å². The fourth-order valence-corrected chi connectivity index (χ4v) is 0. The van der Waals surface area contributed by atoms with Crippen LogP contribution >= 0.6 is 8.25 Å². The molecule has 1 radical (unpaired) electrons. The molecule has 37 valence electrons. The summed E-state index contributed by atoms with van der Waals surface area (Å²) in [6.45, 7) is 0. The molecule has 0 saturated carbocycles. The molecule has 0 fully saturated rings. The van der Waals surface area contributed by atoms with Gasteiger partial charge in [0.2, 0.25) is 0 Å². The van der Waals surface area contributed by atoms with Crippen molar-refractivity contribution in [2.24, 2.45) is 0 Å². The fourth-order valence-electron chi connectivity index (χ4n) is 0. The molecule has 0 aromatic carbocycles. The summed E-state index contributed by atoms with van der Waals surface area (Å²) in [7, 11) is -3.13. The van der Waals surface area contributed by atoms with E-state index in [2.05, 4.69) is 0 Å². The molecule has 5 heavy (non-hydrogen) atoms. The molecule has 3 nitrogen and oxygen atoms in total. The Morgan fingerprint density at radius 2 is 1.40 bits per heavy atom. The number of hydrogen-bond acceptors (Lipinski definition) is 1. The first-order valence-corrected chi connectivity index (χ1v) is 1.95. The van der Waals surface area contributed by atoms with E-state index in [4.69, 9.17) is 14.4 Å². The van der Waals surface area contributed by atoms with Gasteiger partial charge >= 0.3 is 8.25 Å². The third kappa shape index (κ3) is 31.6. The van der Waals surface area contributed by atoms with Gasteiger partial charge in [-0.2, -0.15) is 0 Å². The summed E-state index contributed by atoms with van der Waals surface area (Å²) >= 11 is 0. The van der Waals surface area contributed by atoms with Crippen LogP contribution in [0, 0.1) is 37.7 Å². The molecule has 0 spiro atoms. The van der Waals surface area contributed by atoms with Gasteiger partial charge in [0.25, 0.3) is 0 Å². The summed E-state index contributed by atoms with van der Waals surface area (Å²) < 4.78 is 8.74. The Morgan fingerprint density at radius 1 is 1.40 bits per heavy atom. The zero-order chi connectivity index (χ0) is 3.58. The van der Waals surface area contributed by atoms with Gasteiger partial charge in [0.05, 0.1) is 0 Å². The molecule has 5 heteroatoms. The second-order valence-corrected chi connectivity index (χ2v) is 0.848. The van der Waals surface area contributed by atoms with Gasteiger partial charge in [-0.25, -0.2) is 0 Å². The van der Waals surface area contributed by atoms with Gasteiger partial charge in [0, 0.05) is 37.7 Å². The molecule has 0 amide bonds. The van der Waals surface area contributed by atoms with Crippen LogP contribution in [0.15, 0.2) is 0 Å². The van der Waals surface area contributed by atoms with Crippen molar-refractivity contribution >= 4 is 8.25 Å². The summed E-state index contributed by atoms with van der Waals surface area (Å²) in [6, 6.07) is 0. The van der Waals surface area contributed by atoms with Crippen molar-refractivity contribution in [1.82, 2.24) is 0 Å². The van der Waals surface area contributed by atoms with Crippen molar-refractivity contribution in [2.75, 3.05) is 0 Å². The predicted molar refractivity (Wildman–Crippen MR) is 13.4 cm³/mol. The van der Waals surface area contributed by atoms with E-state index in [-0.39, 0.29) is 37.7 Å². The van der Waals surface area contributed by atoms with E-state index in [0.717, 1.165) is 0 Å². The molecule has 0 unspecified atom stereocenters. The van der Waals surface area contributed by atoms with Crippen molar-refractivity contribution in [2.45, 2.75) is 0 Å². The van der Waals surface area contributed by atoms with Crippen LogP contribution in [0.3, 0.4) is 0 Å². The monoisotopic (exact) mass is 247 g/mol. The van der Waals surface area contributed by atoms with Crippen molar-refractivity contribution < 1.29 is 52.1 Å². The van der Waals surface area contributed by atoms with Crippen LogP contribution in [0.25, 0.3) is 0 Å². The van der Waals surface area contributed by atoms with E-state index in [9.17, 15) is 0 Å². The van der Waals surface area contributed by atoms with E-state index in [1.807, 2.05) is 0 Å². The number of hydrogen-bond donors (Lipinski definition) is 2. The maximum Gasteiger partial charge on any atom is 0.314 e. The van der Waals surface area contributed by atoms with Crippen molar-refractivity contribution in [3.05, 3.63) is 0 Å². The second-order valence-electron chi connectivity index (χ2n) is 0.283. The average molecular weight is 247 g/mol. The van der Waals surface area contributed by atoms with E-state index in [0.29, 0.717) is 0 Å².